The molecule has 2 rings (SSSR count). The Morgan fingerprint density at radius 1 is 1.38 bits per heavy atom. The molecule has 0 unspecified atom stereocenters. The first-order valence-electron chi connectivity index (χ1n) is 6.36. The Bertz CT molecular complexity index is 760. The van der Waals surface area contributed by atoms with Crippen molar-refractivity contribution in [3.63, 3.8) is 0 Å². The normalized spacial score (nSPS) is 12.0. The number of aliphatic hydroxyl groups excluding tert-OH is 1. The predicted molar refractivity (Wildman–Crippen MR) is 74.0 cm³/mol. The predicted octanol–water partition coefficient (Wildman–Crippen LogP) is 1.60. The van der Waals surface area contributed by atoms with Crippen molar-refractivity contribution in [3.05, 3.63) is 62.8 Å². The van der Waals surface area contributed by atoms with Gasteiger partial charge in [0.05, 0.1) is 18.3 Å². The highest BCUT2D eigenvalue weighted by molar-refractivity contribution is 5.36. The third-order valence-corrected chi connectivity index (χ3v) is 3.35. The van der Waals surface area contributed by atoms with E-state index in [9.17, 15) is 14.3 Å². The molecule has 0 aliphatic rings. The maximum atomic E-state index is 12.9. The SMILES string of the molecule is Cc1nn(C[C@H](O)c2ccc(F)cc2)c(=O)c(C#N)c1C. The van der Waals surface area contributed by atoms with Gasteiger partial charge in [0.25, 0.3) is 5.56 Å². The summed E-state index contributed by atoms with van der Waals surface area (Å²) in [5, 5.41) is 23.2. The lowest BCUT2D eigenvalue weighted by molar-refractivity contribution is 0.149. The Balaban J connectivity index is 2.36. The summed E-state index contributed by atoms with van der Waals surface area (Å²) < 4.78 is 13.9. The van der Waals surface area contributed by atoms with Gasteiger partial charge in [0.2, 0.25) is 0 Å². The molecule has 0 saturated heterocycles. The second-order valence-electron chi connectivity index (χ2n) is 4.75. The molecule has 0 fully saturated rings. The van der Waals surface area contributed by atoms with Gasteiger partial charge < -0.3 is 5.11 Å². The van der Waals surface area contributed by atoms with Crippen LogP contribution in [0.4, 0.5) is 4.39 Å². The molecule has 0 amide bonds. The fraction of sp³-hybridized carbons (Fsp3) is 0.267. The third-order valence-electron chi connectivity index (χ3n) is 3.35. The number of hydrogen-bond donors (Lipinski definition) is 1. The van der Waals surface area contributed by atoms with Crippen LogP contribution in [0.2, 0.25) is 0 Å². The van der Waals surface area contributed by atoms with E-state index in [0.717, 1.165) is 4.68 Å². The number of aromatic nitrogens is 2. The van der Waals surface area contributed by atoms with E-state index >= 15 is 0 Å². The summed E-state index contributed by atoms with van der Waals surface area (Å²) in [6, 6.07) is 7.21. The summed E-state index contributed by atoms with van der Waals surface area (Å²) in [5.41, 5.74) is 1.05. The number of nitrogens with zero attached hydrogens (tertiary/aromatic N) is 3. The Morgan fingerprint density at radius 3 is 2.57 bits per heavy atom. The maximum Gasteiger partial charge on any atom is 0.285 e. The monoisotopic (exact) mass is 287 g/mol. The van der Waals surface area contributed by atoms with Crippen LogP contribution in [-0.2, 0) is 6.54 Å². The minimum Gasteiger partial charge on any atom is -0.386 e. The van der Waals surface area contributed by atoms with Crippen LogP contribution in [0, 0.1) is 31.0 Å². The van der Waals surface area contributed by atoms with Crippen LogP contribution >= 0.6 is 0 Å². The van der Waals surface area contributed by atoms with E-state index in [-0.39, 0.29) is 12.1 Å². The van der Waals surface area contributed by atoms with E-state index in [0.29, 0.717) is 16.8 Å². The molecule has 1 aromatic carbocycles. The summed E-state index contributed by atoms with van der Waals surface area (Å²) in [4.78, 5) is 12.1. The van der Waals surface area contributed by atoms with Gasteiger partial charge >= 0.3 is 0 Å². The fourth-order valence-electron chi connectivity index (χ4n) is 1.98. The largest absolute Gasteiger partial charge is 0.386 e. The van der Waals surface area contributed by atoms with Crippen molar-refractivity contribution < 1.29 is 9.50 Å². The zero-order valence-electron chi connectivity index (χ0n) is 11.7. The molecule has 108 valence electrons. The van der Waals surface area contributed by atoms with Crippen LogP contribution in [0.3, 0.4) is 0 Å². The van der Waals surface area contributed by atoms with Crippen LogP contribution < -0.4 is 5.56 Å². The molecule has 1 N–H and O–H groups in total. The average molecular weight is 287 g/mol. The first-order chi connectivity index (χ1) is 9.93. The molecular weight excluding hydrogens is 273 g/mol. The standard InChI is InChI=1S/C15H14FN3O2/c1-9-10(2)18-19(15(21)13(9)7-17)8-14(20)11-3-5-12(16)6-4-11/h3-6,14,20H,8H2,1-2H3/t14-/m0/s1. The van der Waals surface area contributed by atoms with Gasteiger partial charge in [-0.15, -0.1) is 0 Å². The van der Waals surface area contributed by atoms with Crippen molar-refractivity contribution in [1.29, 1.82) is 5.26 Å². The van der Waals surface area contributed by atoms with E-state index in [1.165, 1.54) is 24.3 Å². The molecule has 0 aliphatic heterocycles. The first-order valence-corrected chi connectivity index (χ1v) is 6.36. The molecule has 1 atom stereocenters. The molecule has 21 heavy (non-hydrogen) atoms. The first kappa shape index (κ1) is 14.9. The lowest BCUT2D eigenvalue weighted by atomic mass is 10.1. The highest BCUT2D eigenvalue weighted by atomic mass is 19.1. The molecule has 0 spiro atoms. The second-order valence-corrected chi connectivity index (χ2v) is 4.75. The van der Waals surface area contributed by atoms with Gasteiger partial charge in [-0.05, 0) is 37.1 Å². The van der Waals surface area contributed by atoms with Gasteiger partial charge in [0.1, 0.15) is 17.4 Å². The smallest absolute Gasteiger partial charge is 0.285 e. The zero-order chi connectivity index (χ0) is 15.6. The Kier molecular flexibility index (Phi) is 4.15. The molecule has 0 aliphatic carbocycles. The van der Waals surface area contributed by atoms with Gasteiger partial charge in [-0.25, -0.2) is 9.07 Å². The molecule has 1 aromatic heterocycles. The van der Waals surface area contributed by atoms with Crippen LogP contribution in [0.15, 0.2) is 29.1 Å². The molecular formula is C15H14FN3O2. The second kappa shape index (κ2) is 5.85. The van der Waals surface area contributed by atoms with Gasteiger partial charge in [-0.3, -0.25) is 4.79 Å². The van der Waals surface area contributed by atoms with E-state index < -0.39 is 17.5 Å². The molecule has 5 nitrogen and oxygen atoms in total. The summed E-state index contributed by atoms with van der Waals surface area (Å²) in [6.45, 7) is 3.25. The Morgan fingerprint density at radius 2 is 2.00 bits per heavy atom. The maximum absolute atomic E-state index is 12.9. The van der Waals surface area contributed by atoms with E-state index in [1.54, 1.807) is 13.8 Å². The van der Waals surface area contributed by atoms with Crippen molar-refractivity contribution >= 4 is 0 Å². The Hall–Kier alpha value is -2.52. The molecule has 0 radical (unpaired) electrons. The number of aliphatic hydroxyl groups is 1. The summed E-state index contributed by atoms with van der Waals surface area (Å²) in [7, 11) is 0. The number of hydrogen-bond acceptors (Lipinski definition) is 4. The summed E-state index contributed by atoms with van der Waals surface area (Å²) >= 11 is 0. The quantitative estimate of drug-likeness (QED) is 0.930. The van der Waals surface area contributed by atoms with E-state index in [4.69, 9.17) is 5.26 Å². The number of nitriles is 1. The van der Waals surface area contributed by atoms with Crippen LogP contribution in [0.1, 0.15) is 28.5 Å². The van der Waals surface area contributed by atoms with Crippen LogP contribution in [0.25, 0.3) is 0 Å². The van der Waals surface area contributed by atoms with Gasteiger partial charge in [0, 0.05) is 0 Å². The van der Waals surface area contributed by atoms with Crippen molar-refractivity contribution in [2.75, 3.05) is 0 Å². The lowest BCUT2D eigenvalue weighted by Crippen LogP contribution is -2.29. The average Bonchev–Trinajstić information content (AvgIpc) is 2.46. The fourth-order valence-corrected chi connectivity index (χ4v) is 1.98. The van der Waals surface area contributed by atoms with Crippen LogP contribution in [0.5, 0.6) is 0 Å². The van der Waals surface area contributed by atoms with Crippen molar-refractivity contribution in [2.24, 2.45) is 0 Å². The zero-order valence-corrected chi connectivity index (χ0v) is 11.7. The molecule has 2 aromatic rings. The molecule has 0 bridgehead atoms. The number of aryl methyl sites for hydroxylation is 1. The van der Waals surface area contributed by atoms with Crippen molar-refractivity contribution in [1.82, 2.24) is 9.78 Å². The highest BCUT2D eigenvalue weighted by Gasteiger charge is 2.15. The molecule has 0 saturated carbocycles. The minimum atomic E-state index is -1.01. The molecule has 6 heteroatoms. The van der Waals surface area contributed by atoms with E-state index in [1.807, 2.05) is 6.07 Å². The van der Waals surface area contributed by atoms with Gasteiger partial charge in [0.15, 0.2) is 0 Å². The van der Waals surface area contributed by atoms with E-state index in [2.05, 4.69) is 5.10 Å². The molecule has 1 heterocycles. The highest BCUT2D eigenvalue weighted by Crippen LogP contribution is 2.15. The van der Waals surface area contributed by atoms with Crippen molar-refractivity contribution in [2.45, 2.75) is 26.5 Å². The summed E-state index contributed by atoms with van der Waals surface area (Å²) in [5.74, 6) is -0.404. The van der Waals surface area contributed by atoms with Crippen molar-refractivity contribution in [3.8, 4) is 6.07 Å². The minimum absolute atomic E-state index is 0.0220. The van der Waals surface area contributed by atoms with Crippen LogP contribution in [-0.4, -0.2) is 14.9 Å². The summed E-state index contributed by atoms with van der Waals surface area (Å²) in [6.07, 6.45) is -1.01. The van der Waals surface area contributed by atoms with Gasteiger partial charge in [-0.1, -0.05) is 12.1 Å². The lowest BCUT2D eigenvalue weighted by Gasteiger charge is -2.14. The number of benzene rings is 1. The number of halogens is 1. The van der Waals surface area contributed by atoms with Gasteiger partial charge in [-0.2, -0.15) is 10.4 Å². The topological polar surface area (TPSA) is 78.9 Å². The third kappa shape index (κ3) is 2.98. The number of rotatable bonds is 3. The Labute approximate surface area is 120 Å².